The van der Waals surface area contributed by atoms with E-state index in [1.165, 1.54) is 12.8 Å². The lowest BCUT2D eigenvalue weighted by Crippen LogP contribution is -2.03. The summed E-state index contributed by atoms with van der Waals surface area (Å²) in [7, 11) is 0. The fourth-order valence-corrected chi connectivity index (χ4v) is 3.85. The molecule has 0 saturated heterocycles. The van der Waals surface area contributed by atoms with Crippen LogP contribution in [0.4, 0.5) is 0 Å². The zero-order chi connectivity index (χ0) is 16.8. The van der Waals surface area contributed by atoms with Crippen molar-refractivity contribution in [3.8, 4) is 0 Å². The highest BCUT2D eigenvalue weighted by Gasteiger charge is 2.21. The lowest BCUT2D eigenvalue weighted by Gasteiger charge is -2.06. The minimum absolute atomic E-state index is 0.122. The maximum atomic E-state index is 12.7. The van der Waals surface area contributed by atoms with Gasteiger partial charge in [-0.05, 0) is 35.8 Å². The molecule has 0 bridgehead atoms. The van der Waals surface area contributed by atoms with Crippen molar-refractivity contribution in [3.05, 3.63) is 71.0 Å². The van der Waals surface area contributed by atoms with Crippen molar-refractivity contribution < 1.29 is 9.53 Å². The van der Waals surface area contributed by atoms with E-state index in [2.05, 4.69) is 13.0 Å². The quantitative estimate of drug-likeness (QED) is 0.499. The Labute approximate surface area is 147 Å². The van der Waals surface area contributed by atoms with Crippen molar-refractivity contribution in [1.29, 1.82) is 0 Å². The molecule has 1 heterocycles. The van der Waals surface area contributed by atoms with Crippen LogP contribution in [0.3, 0.4) is 0 Å². The van der Waals surface area contributed by atoms with Crippen LogP contribution in [0.5, 0.6) is 0 Å². The lowest BCUT2D eigenvalue weighted by molar-refractivity contribution is 0.103. The molecule has 1 aliphatic heterocycles. The molecule has 2 aromatic rings. The molecule has 0 spiro atoms. The molecule has 0 radical (unpaired) electrons. The molecular formula is C21H22O2S. The van der Waals surface area contributed by atoms with E-state index in [0.29, 0.717) is 0 Å². The summed E-state index contributed by atoms with van der Waals surface area (Å²) in [6, 6.07) is 13.9. The number of ketones is 1. The van der Waals surface area contributed by atoms with E-state index >= 15 is 0 Å². The summed E-state index contributed by atoms with van der Waals surface area (Å²) >= 11 is 1.72. The van der Waals surface area contributed by atoms with Crippen molar-refractivity contribution in [3.63, 3.8) is 0 Å². The van der Waals surface area contributed by atoms with Gasteiger partial charge in [0, 0.05) is 21.8 Å². The molecule has 0 aromatic heterocycles. The van der Waals surface area contributed by atoms with Gasteiger partial charge in [-0.1, -0.05) is 50.1 Å². The summed E-state index contributed by atoms with van der Waals surface area (Å²) in [5, 5.41) is 0. The van der Waals surface area contributed by atoms with E-state index < -0.39 is 0 Å². The monoisotopic (exact) mass is 338 g/mol. The Balaban J connectivity index is 1.73. The van der Waals surface area contributed by atoms with Gasteiger partial charge in [-0.3, -0.25) is 4.79 Å². The first-order valence-electron chi connectivity index (χ1n) is 8.47. The molecule has 2 aromatic carbocycles. The van der Waals surface area contributed by atoms with Crippen molar-refractivity contribution in [1.82, 2.24) is 0 Å². The molecule has 1 aliphatic rings. The van der Waals surface area contributed by atoms with Gasteiger partial charge >= 0.3 is 0 Å². The summed E-state index contributed by atoms with van der Waals surface area (Å²) in [6.45, 7) is 2.95. The average molecular weight is 338 g/mol. The van der Waals surface area contributed by atoms with Gasteiger partial charge in [0.1, 0.15) is 0 Å². The SMILES string of the molecule is CCCCCOC=Cc1ccc2c(c1)SCc1ccccc1C2=O. The second-order valence-electron chi connectivity index (χ2n) is 5.91. The van der Waals surface area contributed by atoms with Crippen LogP contribution < -0.4 is 0 Å². The summed E-state index contributed by atoms with van der Waals surface area (Å²) in [4.78, 5) is 13.8. The van der Waals surface area contributed by atoms with Gasteiger partial charge in [0.15, 0.2) is 5.78 Å². The first-order valence-corrected chi connectivity index (χ1v) is 9.45. The number of unbranched alkanes of at least 4 members (excludes halogenated alkanes) is 2. The molecule has 24 heavy (non-hydrogen) atoms. The predicted octanol–water partition coefficient (Wildman–Crippen LogP) is 5.70. The van der Waals surface area contributed by atoms with E-state index in [-0.39, 0.29) is 5.78 Å². The Morgan fingerprint density at radius 3 is 2.88 bits per heavy atom. The summed E-state index contributed by atoms with van der Waals surface area (Å²) in [5.41, 5.74) is 3.80. The Bertz CT molecular complexity index is 749. The number of hydrogen-bond donors (Lipinski definition) is 0. The van der Waals surface area contributed by atoms with Crippen LogP contribution in [0.25, 0.3) is 6.08 Å². The number of ether oxygens (including phenoxy) is 1. The maximum absolute atomic E-state index is 12.7. The van der Waals surface area contributed by atoms with E-state index in [9.17, 15) is 4.79 Å². The number of fused-ring (bicyclic) bond motifs is 2. The van der Waals surface area contributed by atoms with Crippen LogP contribution >= 0.6 is 11.8 Å². The Kier molecular flexibility index (Phi) is 5.76. The van der Waals surface area contributed by atoms with Gasteiger partial charge in [0.05, 0.1) is 12.9 Å². The molecule has 124 valence electrons. The normalized spacial score (nSPS) is 13.5. The third-order valence-corrected chi connectivity index (χ3v) is 5.22. The van der Waals surface area contributed by atoms with E-state index in [0.717, 1.165) is 45.9 Å². The number of thioether (sulfide) groups is 1. The molecule has 0 N–H and O–H groups in total. The van der Waals surface area contributed by atoms with Gasteiger partial charge in [0.2, 0.25) is 0 Å². The fourth-order valence-electron chi connectivity index (χ4n) is 2.75. The third-order valence-electron chi connectivity index (χ3n) is 4.12. The number of benzene rings is 2. The van der Waals surface area contributed by atoms with Crippen LogP contribution in [-0.4, -0.2) is 12.4 Å². The zero-order valence-corrected chi connectivity index (χ0v) is 14.8. The molecule has 0 unspecified atom stereocenters. The summed E-state index contributed by atoms with van der Waals surface area (Å²) in [6.07, 6.45) is 7.22. The van der Waals surface area contributed by atoms with E-state index in [1.807, 2.05) is 42.5 Å². The molecule has 0 aliphatic carbocycles. The van der Waals surface area contributed by atoms with Crippen molar-refractivity contribution in [2.24, 2.45) is 0 Å². The van der Waals surface area contributed by atoms with Crippen LogP contribution in [0.1, 0.15) is 53.2 Å². The number of carbonyl (C=O) groups is 1. The number of rotatable bonds is 6. The molecular weight excluding hydrogens is 316 g/mol. The fraction of sp³-hybridized carbons (Fsp3) is 0.286. The summed E-state index contributed by atoms with van der Waals surface area (Å²) in [5.74, 6) is 0.951. The summed E-state index contributed by atoms with van der Waals surface area (Å²) < 4.78 is 5.53. The topological polar surface area (TPSA) is 26.3 Å². The Hall–Kier alpha value is -2.00. The van der Waals surface area contributed by atoms with Gasteiger partial charge in [0.25, 0.3) is 0 Å². The highest BCUT2D eigenvalue weighted by Crippen LogP contribution is 2.34. The van der Waals surface area contributed by atoms with E-state index in [1.54, 1.807) is 18.0 Å². The molecule has 0 saturated carbocycles. The first-order chi connectivity index (χ1) is 11.8. The van der Waals surface area contributed by atoms with E-state index in [4.69, 9.17) is 4.74 Å². The molecule has 2 nitrogen and oxygen atoms in total. The van der Waals surface area contributed by atoms with Crippen LogP contribution in [0.15, 0.2) is 53.6 Å². The van der Waals surface area contributed by atoms with Gasteiger partial charge in [-0.25, -0.2) is 0 Å². The molecule has 3 rings (SSSR count). The smallest absolute Gasteiger partial charge is 0.194 e. The maximum Gasteiger partial charge on any atom is 0.194 e. The molecule has 0 amide bonds. The highest BCUT2D eigenvalue weighted by atomic mass is 32.2. The third kappa shape index (κ3) is 3.90. The van der Waals surface area contributed by atoms with Crippen LogP contribution in [-0.2, 0) is 10.5 Å². The predicted molar refractivity (Wildman–Crippen MR) is 100 cm³/mol. The lowest BCUT2D eigenvalue weighted by atomic mass is 9.98. The van der Waals surface area contributed by atoms with Crippen molar-refractivity contribution >= 4 is 23.6 Å². The van der Waals surface area contributed by atoms with Gasteiger partial charge in [-0.2, -0.15) is 0 Å². The minimum atomic E-state index is 0.122. The van der Waals surface area contributed by atoms with Crippen LogP contribution in [0.2, 0.25) is 0 Å². The van der Waals surface area contributed by atoms with Crippen molar-refractivity contribution in [2.45, 2.75) is 36.8 Å². The number of hydrogen-bond acceptors (Lipinski definition) is 3. The Morgan fingerprint density at radius 2 is 2.00 bits per heavy atom. The second-order valence-corrected chi connectivity index (χ2v) is 6.93. The number of carbonyl (C=O) groups excluding carboxylic acids is 1. The van der Waals surface area contributed by atoms with Crippen molar-refractivity contribution in [2.75, 3.05) is 6.61 Å². The molecule has 3 heteroatoms. The molecule has 0 atom stereocenters. The largest absolute Gasteiger partial charge is 0.501 e. The first kappa shape index (κ1) is 16.8. The minimum Gasteiger partial charge on any atom is -0.501 e. The van der Waals surface area contributed by atoms with Gasteiger partial charge < -0.3 is 4.74 Å². The highest BCUT2D eigenvalue weighted by molar-refractivity contribution is 7.98. The zero-order valence-electron chi connectivity index (χ0n) is 14.0. The molecule has 0 fully saturated rings. The average Bonchev–Trinajstić information content (AvgIpc) is 2.75. The Morgan fingerprint density at radius 1 is 1.12 bits per heavy atom. The van der Waals surface area contributed by atoms with Gasteiger partial charge in [-0.15, -0.1) is 11.8 Å². The second kappa shape index (κ2) is 8.20. The standard InChI is InChI=1S/C21H22O2S/c1-2-3-6-12-23-13-11-16-9-10-19-20(14-16)24-15-17-7-4-5-8-18(17)21(19)22/h4-5,7-11,13-14H,2-3,6,12,15H2,1H3. The van der Waals surface area contributed by atoms with Crippen LogP contribution in [0, 0.1) is 0 Å².